The van der Waals surface area contributed by atoms with Gasteiger partial charge in [-0.2, -0.15) is 0 Å². The zero-order chi connectivity index (χ0) is 21.0. The number of aromatic amines is 1. The number of hydrogen-bond acceptors (Lipinski definition) is 3. The van der Waals surface area contributed by atoms with Crippen LogP contribution in [-0.4, -0.2) is 19.5 Å². The van der Waals surface area contributed by atoms with Crippen molar-refractivity contribution in [2.24, 2.45) is 23.7 Å². The number of halogens is 2. The first kappa shape index (κ1) is 20.1. The monoisotopic (exact) mass is 443 g/mol. The first-order valence-electron chi connectivity index (χ1n) is 10.8. The van der Waals surface area contributed by atoms with Crippen LogP contribution in [0.4, 0.5) is 0 Å². The van der Waals surface area contributed by atoms with Gasteiger partial charge in [-0.15, -0.1) is 0 Å². The molecule has 2 bridgehead atoms. The van der Waals surface area contributed by atoms with Crippen LogP contribution in [0.2, 0.25) is 10.0 Å². The first-order chi connectivity index (χ1) is 14.4. The van der Waals surface area contributed by atoms with Gasteiger partial charge in [0.05, 0.1) is 12.9 Å². The Morgan fingerprint density at radius 2 is 1.90 bits per heavy atom. The molecule has 5 atom stereocenters. The third kappa shape index (κ3) is 3.46. The number of nitrogens with zero attached hydrogens (tertiary/aromatic N) is 3. The average Bonchev–Trinajstić information content (AvgIpc) is 3.11. The Morgan fingerprint density at radius 1 is 1.13 bits per heavy atom. The highest BCUT2D eigenvalue weighted by atomic mass is 35.5. The molecular formula is C23H27Cl2N5. The highest BCUT2D eigenvalue weighted by molar-refractivity contribution is 6.36. The van der Waals surface area contributed by atoms with Gasteiger partial charge in [0.25, 0.3) is 0 Å². The van der Waals surface area contributed by atoms with Gasteiger partial charge >= 0.3 is 0 Å². The molecule has 30 heavy (non-hydrogen) atoms. The van der Waals surface area contributed by atoms with Crippen molar-refractivity contribution < 1.29 is 0 Å². The molecule has 2 heterocycles. The largest absolute Gasteiger partial charge is 0.337 e. The standard InChI is InChI=1S/C23H27Cl2N5/c1-12-6-14-8-13(2)19(15(7-12)9-14)22-28-20-21(26)27-11-30(23(20)29-22)10-16-17(24)4-3-5-18(16)25/h3-5,11-15,19,26H,6-10H2,1-2H3,(H,28,29). The lowest BCUT2D eigenvalue weighted by Crippen LogP contribution is -2.36. The first-order valence-corrected chi connectivity index (χ1v) is 11.6. The van der Waals surface area contributed by atoms with Crippen molar-refractivity contribution >= 4 is 34.4 Å². The highest BCUT2D eigenvalue weighted by Crippen LogP contribution is 2.51. The molecule has 5 nitrogen and oxygen atoms in total. The SMILES string of the molecule is CC1CC2CC(C)C(c3nc4c([nH]3)c(=N)ncn4Cc3c(Cl)cccc3Cl)C(C1)C2. The Bertz CT molecular complexity index is 1130. The quantitative estimate of drug-likeness (QED) is 0.539. The molecule has 7 heteroatoms. The predicted molar refractivity (Wildman–Crippen MR) is 120 cm³/mol. The van der Waals surface area contributed by atoms with E-state index in [0.29, 0.717) is 39.9 Å². The van der Waals surface area contributed by atoms with E-state index in [1.807, 2.05) is 22.8 Å². The Hall–Kier alpha value is -1.85. The summed E-state index contributed by atoms with van der Waals surface area (Å²) in [6, 6.07) is 5.52. The predicted octanol–water partition coefficient (Wildman–Crippen LogP) is 5.77. The van der Waals surface area contributed by atoms with Crippen molar-refractivity contribution in [3.8, 4) is 0 Å². The molecule has 2 saturated carbocycles. The van der Waals surface area contributed by atoms with E-state index < -0.39 is 0 Å². The molecule has 2 N–H and O–H groups in total. The fourth-order valence-corrected chi connectivity index (χ4v) is 6.56. The van der Waals surface area contributed by atoms with Crippen molar-refractivity contribution in [1.29, 1.82) is 5.41 Å². The molecule has 0 radical (unpaired) electrons. The third-order valence-corrected chi connectivity index (χ3v) is 7.86. The van der Waals surface area contributed by atoms with Gasteiger partial charge in [0.15, 0.2) is 11.1 Å². The maximum atomic E-state index is 8.32. The minimum atomic E-state index is 0.226. The highest BCUT2D eigenvalue weighted by Gasteiger charge is 2.42. The van der Waals surface area contributed by atoms with E-state index in [9.17, 15) is 0 Å². The molecule has 5 rings (SSSR count). The molecule has 0 spiro atoms. The van der Waals surface area contributed by atoms with Crippen molar-refractivity contribution in [1.82, 2.24) is 19.5 Å². The summed E-state index contributed by atoms with van der Waals surface area (Å²) in [5.74, 6) is 4.32. The molecule has 5 unspecified atom stereocenters. The van der Waals surface area contributed by atoms with Crippen LogP contribution >= 0.6 is 23.2 Å². The van der Waals surface area contributed by atoms with E-state index in [0.717, 1.165) is 28.9 Å². The Kier molecular flexibility index (Phi) is 5.14. The lowest BCUT2D eigenvalue weighted by Gasteiger charge is -2.45. The van der Waals surface area contributed by atoms with Crippen LogP contribution in [0.15, 0.2) is 24.5 Å². The molecule has 0 amide bonds. The zero-order valence-electron chi connectivity index (χ0n) is 17.3. The lowest BCUT2D eigenvalue weighted by atomic mass is 9.60. The number of rotatable bonds is 3. The molecule has 2 aliphatic rings. The van der Waals surface area contributed by atoms with Gasteiger partial charge in [-0.3, -0.25) is 5.41 Å². The Balaban J connectivity index is 1.57. The van der Waals surface area contributed by atoms with Crippen molar-refractivity contribution in [3.63, 3.8) is 0 Å². The molecule has 3 aromatic rings. The summed E-state index contributed by atoms with van der Waals surface area (Å²) in [5.41, 5.74) is 2.50. The summed E-state index contributed by atoms with van der Waals surface area (Å²) in [5, 5.41) is 9.57. The number of hydrogen-bond donors (Lipinski definition) is 2. The van der Waals surface area contributed by atoms with Crippen LogP contribution in [0, 0.1) is 29.1 Å². The van der Waals surface area contributed by atoms with Gasteiger partial charge in [0, 0.05) is 21.5 Å². The van der Waals surface area contributed by atoms with E-state index >= 15 is 0 Å². The number of benzene rings is 1. The number of H-pyrrole nitrogens is 1. The molecule has 2 fully saturated rings. The zero-order valence-corrected chi connectivity index (χ0v) is 18.8. The molecule has 2 aromatic heterocycles. The van der Waals surface area contributed by atoms with Gasteiger partial charge in [-0.25, -0.2) is 9.97 Å². The fraction of sp³-hybridized carbons (Fsp3) is 0.522. The van der Waals surface area contributed by atoms with Gasteiger partial charge in [0.2, 0.25) is 0 Å². The average molecular weight is 444 g/mol. The molecule has 158 valence electrons. The Morgan fingerprint density at radius 3 is 2.67 bits per heavy atom. The number of aromatic nitrogens is 4. The summed E-state index contributed by atoms with van der Waals surface area (Å²) < 4.78 is 1.94. The number of fused-ring (bicyclic) bond motifs is 3. The van der Waals surface area contributed by atoms with Crippen molar-refractivity contribution in [3.05, 3.63) is 51.4 Å². The maximum absolute atomic E-state index is 8.32. The second kappa shape index (κ2) is 7.69. The van der Waals surface area contributed by atoms with Crippen molar-refractivity contribution in [2.75, 3.05) is 0 Å². The van der Waals surface area contributed by atoms with Gasteiger partial charge in [-0.1, -0.05) is 43.1 Å². The van der Waals surface area contributed by atoms with Gasteiger partial charge < -0.3 is 9.55 Å². The van der Waals surface area contributed by atoms with Crippen LogP contribution in [0.5, 0.6) is 0 Å². The van der Waals surface area contributed by atoms with E-state index in [1.165, 1.54) is 25.7 Å². The Labute approximate surface area is 186 Å². The minimum absolute atomic E-state index is 0.226. The third-order valence-electron chi connectivity index (χ3n) is 7.15. The molecule has 2 aliphatic carbocycles. The van der Waals surface area contributed by atoms with Crippen LogP contribution in [0.1, 0.15) is 56.8 Å². The lowest BCUT2D eigenvalue weighted by molar-refractivity contribution is 0.0822. The molecule has 0 saturated heterocycles. The van der Waals surface area contributed by atoms with Crippen LogP contribution in [0.25, 0.3) is 11.2 Å². The summed E-state index contributed by atoms with van der Waals surface area (Å²) in [6.07, 6.45) is 6.87. The molecule has 0 aliphatic heterocycles. The summed E-state index contributed by atoms with van der Waals surface area (Å²) in [6.45, 7) is 5.22. The van der Waals surface area contributed by atoms with E-state index in [-0.39, 0.29) is 5.49 Å². The summed E-state index contributed by atoms with van der Waals surface area (Å²) >= 11 is 12.8. The summed E-state index contributed by atoms with van der Waals surface area (Å²) in [4.78, 5) is 12.8. The van der Waals surface area contributed by atoms with Crippen LogP contribution in [-0.2, 0) is 6.54 Å². The second-order valence-corrected chi connectivity index (χ2v) is 10.2. The normalized spacial score (nSPS) is 28.7. The second-order valence-electron chi connectivity index (χ2n) is 9.42. The fourth-order valence-electron chi connectivity index (χ4n) is 6.05. The molecule has 1 aromatic carbocycles. The molecular weight excluding hydrogens is 417 g/mol. The van der Waals surface area contributed by atoms with E-state index in [4.69, 9.17) is 33.6 Å². The maximum Gasteiger partial charge on any atom is 0.173 e. The number of imidazole rings is 1. The van der Waals surface area contributed by atoms with Crippen molar-refractivity contribution in [2.45, 2.75) is 52.0 Å². The van der Waals surface area contributed by atoms with Crippen LogP contribution in [0.3, 0.4) is 0 Å². The van der Waals surface area contributed by atoms with E-state index in [1.54, 1.807) is 6.33 Å². The topological polar surface area (TPSA) is 70.3 Å². The smallest absolute Gasteiger partial charge is 0.173 e. The van der Waals surface area contributed by atoms with E-state index in [2.05, 4.69) is 23.8 Å². The number of nitrogens with one attached hydrogen (secondary N) is 2. The minimum Gasteiger partial charge on any atom is -0.337 e. The van der Waals surface area contributed by atoms with Crippen LogP contribution < -0.4 is 5.49 Å². The summed E-state index contributed by atoms with van der Waals surface area (Å²) in [7, 11) is 0. The van der Waals surface area contributed by atoms with Gasteiger partial charge in [0.1, 0.15) is 11.3 Å². The van der Waals surface area contributed by atoms with Gasteiger partial charge in [-0.05, 0) is 61.5 Å².